The van der Waals surface area contributed by atoms with Gasteiger partial charge in [0.05, 0.1) is 6.04 Å². The molecule has 0 aliphatic rings. The average Bonchev–Trinajstić information content (AvgIpc) is 2.91. The summed E-state index contributed by atoms with van der Waals surface area (Å²) in [4.78, 5) is 54.4. The number of nitrogens with one attached hydrogen (secondary N) is 3. The Balaban J connectivity index is 2.09. The molecule has 2 rings (SSSR count). The van der Waals surface area contributed by atoms with Gasteiger partial charge in [0.15, 0.2) is 5.96 Å². The van der Waals surface area contributed by atoms with Gasteiger partial charge >= 0.3 is 5.97 Å². The van der Waals surface area contributed by atoms with Gasteiger partial charge < -0.3 is 43.4 Å². The van der Waals surface area contributed by atoms with E-state index >= 15 is 0 Å². The molecule has 0 aromatic heterocycles. The van der Waals surface area contributed by atoms with Crippen LogP contribution in [0.2, 0.25) is 0 Å². The lowest BCUT2D eigenvalue weighted by Gasteiger charge is -2.24. The van der Waals surface area contributed by atoms with Crippen molar-refractivity contribution in [3.8, 4) is 5.75 Å². The predicted molar refractivity (Wildman–Crippen MR) is 149 cm³/mol. The fraction of sp³-hybridized carbons (Fsp3) is 0.370. The van der Waals surface area contributed by atoms with Crippen LogP contribution in [0.15, 0.2) is 59.6 Å². The van der Waals surface area contributed by atoms with Crippen LogP contribution in [0, 0.1) is 0 Å². The summed E-state index contributed by atoms with van der Waals surface area (Å²) in [5.41, 5.74) is 17.7. The van der Waals surface area contributed by atoms with E-state index in [1.807, 2.05) is 0 Å². The highest BCUT2D eigenvalue weighted by Crippen LogP contribution is 2.12. The predicted octanol–water partition coefficient (Wildman–Crippen LogP) is -0.883. The Hall–Kier alpha value is -4.65. The summed E-state index contributed by atoms with van der Waals surface area (Å²) in [6.07, 6.45) is 0.770. The highest BCUT2D eigenvalue weighted by molar-refractivity contribution is 5.94. The molecule has 0 fully saturated rings. The molecule has 13 nitrogen and oxygen atoms in total. The molecule has 4 unspecified atom stereocenters. The number of carboxylic acid groups (broad SMARTS) is 1. The molecule has 3 amide bonds. The van der Waals surface area contributed by atoms with Crippen LogP contribution < -0.4 is 33.2 Å². The van der Waals surface area contributed by atoms with Crippen molar-refractivity contribution < 1.29 is 29.4 Å². The maximum absolute atomic E-state index is 13.2. The van der Waals surface area contributed by atoms with Crippen molar-refractivity contribution in [3.63, 3.8) is 0 Å². The second-order valence-electron chi connectivity index (χ2n) is 9.31. The molecule has 0 heterocycles. The van der Waals surface area contributed by atoms with Crippen molar-refractivity contribution in [2.24, 2.45) is 22.2 Å². The van der Waals surface area contributed by atoms with Crippen molar-refractivity contribution in [1.82, 2.24) is 16.0 Å². The number of phenolic OH excluding ortho intramolecular Hbond substituents is 1. The zero-order chi connectivity index (χ0) is 29.7. The zero-order valence-corrected chi connectivity index (χ0v) is 22.2. The summed E-state index contributed by atoms with van der Waals surface area (Å²) in [6.45, 7) is 1.74. The summed E-state index contributed by atoms with van der Waals surface area (Å²) >= 11 is 0. The third-order valence-corrected chi connectivity index (χ3v) is 5.96. The van der Waals surface area contributed by atoms with Gasteiger partial charge in [0.1, 0.15) is 23.9 Å². The number of hydrogen-bond acceptors (Lipinski definition) is 7. The number of carbonyl (C=O) groups excluding carboxylic acids is 3. The Bertz CT molecular complexity index is 1170. The standard InChI is InChI=1S/C27H37N7O6/c1-16(32-24(37)20(28)8-5-13-31-27(29)30)23(36)33-21(14-18-9-11-19(35)12-10-18)25(38)34-22(26(39)40)15-17-6-3-2-4-7-17/h2-4,6-7,9-12,16,20-22,35H,5,8,13-15,28H2,1H3,(H,32,37)(H,33,36)(H,34,38)(H,39,40)(H4,29,30,31). The summed E-state index contributed by atoms with van der Waals surface area (Å²) in [5.74, 6) is -3.24. The Morgan fingerprint density at radius 2 is 1.40 bits per heavy atom. The van der Waals surface area contributed by atoms with E-state index in [0.29, 0.717) is 24.1 Å². The number of nitrogens with zero attached hydrogens (tertiary/aromatic N) is 1. The van der Waals surface area contributed by atoms with Crippen LogP contribution in [0.25, 0.3) is 0 Å². The van der Waals surface area contributed by atoms with Gasteiger partial charge in [-0.15, -0.1) is 0 Å². The van der Waals surface area contributed by atoms with E-state index in [1.54, 1.807) is 42.5 Å². The number of aromatic hydroxyl groups is 1. The zero-order valence-electron chi connectivity index (χ0n) is 22.2. The van der Waals surface area contributed by atoms with Crippen LogP contribution in [0.5, 0.6) is 5.75 Å². The quantitative estimate of drug-likeness (QED) is 0.0772. The third-order valence-electron chi connectivity index (χ3n) is 5.96. The lowest BCUT2D eigenvalue weighted by Crippen LogP contribution is -2.57. The van der Waals surface area contributed by atoms with Gasteiger partial charge in [0.25, 0.3) is 0 Å². The number of guanidine groups is 1. The molecule has 13 heteroatoms. The van der Waals surface area contributed by atoms with Gasteiger partial charge in [0.2, 0.25) is 17.7 Å². The summed E-state index contributed by atoms with van der Waals surface area (Å²) in [6, 6.07) is 10.4. The fourth-order valence-corrected chi connectivity index (χ4v) is 3.73. The van der Waals surface area contributed by atoms with Gasteiger partial charge in [-0.05, 0) is 43.0 Å². The van der Waals surface area contributed by atoms with E-state index in [2.05, 4.69) is 20.9 Å². The Morgan fingerprint density at radius 1 is 0.825 bits per heavy atom. The monoisotopic (exact) mass is 555 g/mol. The molecule has 0 aliphatic carbocycles. The molecule has 0 saturated carbocycles. The van der Waals surface area contributed by atoms with Crippen molar-refractivity contribution >= 4 is 29.7 Å². The van der Waals surface area contributed by atoms with E-state index in [4.69, 9.17) is 17.2 Å². The smallest absolute Gasteiger partial charge is 0.326 e. The number of aliphatic carboxylic acids is 1. The molecule has 216 valence electrons. The normalized spacial score (nSPS) is 13.7. The summed E-state index contributed by atoms with van der Waals surface area (Å²) < 4.78 is 0. The number of hydrogen-bond donors (Lipinski definition) is 8. The molecule has 2 aromatic carbocycles. The van der Waals surface area contributed by atoms with Crippen molar-refractivity contribution in [2.75, 3.05) is 6.54 Å². The minimum absolute atomic E-state index is 0.000497. The summed E-state index contributed by atoms with van der Waals surface area (Å²) in [5, 5.41) is 26.9. The highest BCUT2D eigenvalue weighted by Gasteiger charge is 2.29. The van der Waals surface area contributed by atoms with E-state index in [-0.39, 0.29) is 31.0 Å². The molecule has 2 aromatic rings. The van der Waals surface area contributed by atoms with Gasteiger partial charge in [0, 0.05) is 19.4 Å². The summed E-state index contributed by atoms with van der Waals surface area (Å²) in [7, 11) is 0. The molecular weight excluding hydrogens is 518 g/mol. The number of amides is 3. The molecule has 11 N–H and O–H groups in total. The van der Waals surface area contributed by atoms with E-state index in [0.717, 1.165) is 0 Å². The lowest BCUT2D eigenvalue weighted by molar-refractivity contribution is -0.142. The van der Waals surface area contributed by atoms with E-state index in [1.165, 1.54) is 19.1 Å². The largest absolute Gasteiger partial charge is 0.508 e. The first-order valence-corrected chi connectivity index (χ1v) is 12.7. The maximum Gasteiger partial charge on any atom is 0.326 e. The molecule has 4 atom stereocenters. The molecule has 40 heavy (non-hydrogen) atoms. The van der Waals surface area contributed by atoms with E-state index < -0.39 is 47.9 Å². The molecule has 0 saturated heterocycles. The maximum atomic E-state index is 13.2. The average molecular weight is 556 g/mol. The van der Waals surface area contributed by atoms with Crippen LogP contribution in [-0.2, 0) is 32.0 Å². The lowest BCUT2D eigenvalue weighted by atomic mass is 10.0. The SMILES string of the molecule is CC(NC(=O)C(N)CCCN=C(N)N)C(=O)NC(Cc1ccc(O)cc1)C(=O)NC(Cc1ccccc1)C(=O)O. The Morgan fingerprint density at radius 3 is 2.00 bits per heavy atom. The second-order valence-corrected chi connectivity index (χ2v) is 9.31. The number of carbonyl (C=O) groups is 4. The topological polar surface area (TPSA) is 235 Å². The Labute approximate surface area is 232 Å². The number of rotatable bonds is 15. The number of nitrogens with two attached hydrogens (primary N) is 3. The fourth-order valence-electron chi connectivity index (χ4n) is 3.73. The molecule has 0 spiro atoms. The minimum Gasteiger partial charge on any atom is -0.508 e. The number of aliphatic imine (C=N–C) groups is 1. The van der Waals surface area contributed by atoms with Gasteiger partial charge in [-0.1, -0.05) is 42.5 Å². The van der Waals surface area contributed by atoms with Crippen molar-refractivity contribution in [1.29, 1.82) is 0 Å². The minimum atomic E-state index is -1.25. The van der Waals surface area contributed by atoms with Gasteiger partial charge in [-0.3, -0.25) is 19.4 Å². The second kappa shape index (κ2) is 15.7. The van der Waals surface area contributed by atoms with Crippen LogP contribution in [0.3, 0.4) is 0 Å². The van der Waals surface area contributed by atoms with Crippen molar-refractivity contribution in [2.45, 2.75) is 56.8 Å². The first-order valence-electron chi connectivity index (χ1n) is 12.7. The third kappa shape index (κ3) is 11.0. The molecular formula is C27H37N7O6. The molecule has 0 aliphatic heterocycles. The molecule has 0 radical (unpaired) electrons. The van der Waals surface area contributed by atoms with Crippen LogP contribution in [-0.4, -0.2) is 70.6 Å². The van der Waals surface area contributed by atoms with Crippen LogP contribution in [0.4, 0.5) is 0 Å². The Kier molecular flexibility index (Phi) is 12.4. The van der Waals surface area contributed by atoms with Gasteiger partial charge in [-0.25, -0.2) is 4.79 Å². The van der Waals surface area contributed by atoms with E-state index in [9.17, 15) is 29.4 Å². The van der Waals surface area contributed by atoms with Crippen molar-refractivity contribution in [3.05, 3.63) is 65.7 Å². The molecule has 0 bridgehead atoms. The highest BCUT2D eigenvalue weighted by atomic mass is 16.4. The van der Waals surface area contributed by atoms with Gasteiger partial charge in [-0.2, -0.15) is 0 Å². The van der Waals surface area contributed by atoms with Crippen LogP contribution in [0.1, 0.15) is 30.9 Å². The number of benzene rings is 2. The first kappa shape index (κ1) is 31.6. The number of carboxylic acids is 1. The first-order chi connectivity index (χ1) is 19.0. The number of phenols is 1. The van der Waals surface area contributed by atoms with Crippen LogP contribution >= 0.6 is 0 Å².